The number of aromatic nitrogens is 2. The van der Waals surface area contributed by atoms with Crippen LogP contribution in [-0.4, -0.2) is 16.1 Å². The molecule has 0 fully saturated rings. The van der Waals surface area contributed by atoms with Crippen molar-refractivity contribution in [3.8, 4) is 11.3 Å². The largest absolute Gasteiger partial charge is 0.366 e. The fourth-order valence-electron chi connectivity index (χ4n) is 3.45. The Balaban J connectivity index is 1.42. The van der Waals surface area contributed by atoms with Crippen molar-refractivity contribution in [2.45, 2.75) is 32.2 Å². The molecule has 1 aromatic heterocycles. The Bertz CT molecular complexity index is 949. The number of amides is 1. The highest BCUT2D eigenvalue weighted by Crippen LogP contribution is 2.26. The fourth-order valence-corrected chi connectivity index (χ4v) is 3.45. The summed E-state index contributed by atoms with van der Waals surface area (Å²) in [6.07, 6.45) is 4.90. The van der Waals surface area contributed by atoms with Crippen molar-refractivity contribution < 1.29 is 4.79 Å². The van der Waals surface area contributed by atoms with Crippen molar-refractivity contribution in [1.29, 1.82) is 0 Å². The first-order chi connectivity index (χ1) is 13.2. The SMILES string of the molecule is NC(=O)c1ccc(CNc2ccc(-c3ccc4c(c3)CCCC4)nn2)cc1. The van der Waals surface area contributed by atoms with Crippen molar-refractivity contribution >= 4 is 11.7 Å². The Morgan fingerprint density at radius 3 is 2.41 bits per heavy atom. The number of benzene rings is 2. The van der Waals surface area contributed by atoms with Crippen LogP contribution in [0.1, 0.15) is 39.9 Å². The van der Waals surface area contributed by atoms with Crippen molar-refractivity contribution in [3.63, 3.8) is 0 Å². The van der Waals surface area contributed by atoms with Gasteiger partial charge in [-0.25, -0.2) is 0 Å². The second kappa shape index (κ2) is 7.58. The first-order valence-electron chi connectivity index (χ1n) is 9.27. The van der Waals surface area contributed by atoms with E-state index in [0.717, 1.165) is 29.1 Å². The molecule has 27 heavy (non-hydrogen) atoms. The summed E-state index contributed by atoms with van der Waals surface area (Å²) in [4.78, 5) is 11.1. The number of fused-ring (bicyclic) bond motifs is 1. The quantitative estimate of drug-likeness (QED) is 0.728. The van der Waals surface area contributed by atoms with Gasteiger partial charge in [0.05, 0.1) is 5.69 Å². The molecule has 0 saturated carbocycles. The zero-order chi connectivity index (χ0) is 18.6. The molecule has 0 radical (unpaired) electrons. The molecule has 1 amide bonds. The van der Waals surface area contributed by atoms with Gasteiger partial charge in [-0.15, -0.1) is 10.2 Å². The minimum absolute atomic E-state index is 0.418. The summed E-state index contributed by atoms with van der Waals surface area (Å²) in [6, 6.07) is 17.8. The van der Waals surface area contributed by atoms with Crippen LogP contribution in [0.15, 0.2) is 54.6 Å². The highest BCUT2D eigenvalue weighted by molar-refractivity contribution is 5.92. The minimum Gasteiger partial charge on any atom is -0.366 e. The molecule has 136 valence electrons. The van der Waals surface area contributed by atoms with E-state index in [1.54, 1.807) is 12.1 Å². The minimum atomic E-state index is -0.418. The smallest absolute Gasteiger partial charge is 0.248 e. The predicted molar refractivity (Wildman–Crippen MR) is 106 cm³/mol. The average Bonchev–Trinajstić information content (AvgIpc) is 2.72. The molecular formula is C22H22N4O. The van der Waals surface area contributed by atoms with E-state index in [2.05, 4.69) is 33.7 Å². The van der Waals surface area contributed by atoms with E-state index in [1.165, 1.54) is 30.4 Å². The Morgan fingerprint density at radius 1 is 0.926 bits per heavy atom. The fraction of sp³-hybridized carbons (Fsp3) is 0.227. The van der Waals surface area contributed by atoms with Gasteiger partial charge in [-0.2, -0.15) is 0 Å². The van der Waals surface area contributed by atoms with E-state index >= 15 is 0 Å². The highest BCUT2D eigenvalue weighted by atomic mass is 16.1. The van der Waals surface area contributed by atoms with E-state index in [0.29, 0.717) is 12.1 Å². The van der Waals surface area contributed by atoms with Gasteiger partial charge in [0, 0.05) is 17.7 Å². The number of anilines is 1. The van der Waals surface area contributed by atoms with Crippen LogP contribution >= 0.6 is 0 Å². The van der Waals surface area contributed by atoms with Gasteiger partial charge in [-0.05, 0) is 72.7 Å². The van der Waals surface area contributed by atoms with Crippen LogP contribution in [0.3, 0.4) is 0 Å². The van der Waals surface area contributed by atoms with Crippen LogP contribution in [0, 0.1) is 0 Å². The molecule has 1 aliphatic rings. The van der Waals surface area contributed by atoms with E-state index in [1.807, 2.05) is 24.3 Å². The third-order valence-electron chi connectivity index (χ3n) is 5.02. The third-order valence-corrected chi connectivity index (χ3v) is 5.02. The lowest BCUT2D eigenvalue weighted by Gasteiger charge is -2.16. The van der Waals surface area contributed by atoms with Crippen molar-refractivity contribution in [2.24, 2.45) is 5.73 Å². The van der Waals surface area contributed by atoms with Crippen LogP contribution < -0.4 is 11.1 Å². The zero-order valence-corrected chi connectivity index (χ0v) is 15.1. The summed E-state index contributed by atoms with van der Waals surface area (Å²) in [7, 11) is 0. The maximum atomic E-state index is 11.1. The third kappa shape index (κ3) is 3.97. The summed E-state index contributed by atoms with van der Waals surface area (Å²) >= 11 is 0. The van der Waals surface area contributed by atoms with E-state index in [9.17, 15) is 4.79 Å². The maximum absolute atomic E-state index is 11.1. The number of rotatable bonds is 5. The van der Waals surface area contributed by atoms with Gasteiger partial charge in [0.2, 0.25) is 5.91 Å². The van der Waals surface area contributed by atoms with Crippen LogP contribution in [-0.2, 0) is 19.4 Å². The molecule has 5 nitrogen and oxygen atoms in total. The first kappa shape index (κ1) is 17.2. The van der Waals surface area contributed by atoms with Crippen LogP contribution in [0.5, 0.6) is 0 Å². The molecule has 3 N–H and O–H groups in total. The van der Waals surface area contributed by atoms with Gasteiger partial charge < -0.3 is 11.1 Å². The number of nitrogens with two attached hydrogens (primary N) is 1. The zero-order valence-electron chi connectivity index (χ0n) is 15.1. The second-order valence-electron chi connectivity index (χ2n) is 6.91. The van der Waals surface area contributed by atoms with Gasteiger partial charge >= 0.3 is 0 Å². The summed E-state index contributed by atoms with van der Waals surface area (Å²) < 4.78 is 0. The Morgan fingerprint density at radius 2 is 1.70 bits per heavy atom. The molecule has 0 saturated heterocycles. The number of nitrogens with one attached hydrogen (secondary N) is 1. The van der Waals surface area contributed by atoms with Crippen molar-refractivity contribution in [2.75, 3.05) is 5.32 Å². The second-order valence-corrected chi connectivity index (χ2v) is 6.91. The summed E-state index contributed by atoms with van der Waals surface area (Å²) in [5.41, 5.74) is 11.7. The standard InChI is InChI=1S/C22H22N4O/c23-22(27)17-7-5-15(6-8-17)14-24-21-12-11-20(25-26-21)19-10-9-16-3-1-2-4-18(16)13-19/h5-13H,1-4,14H2,(H2,23,27)(H,24,26). The lowest BCUT2D eigenvalue weighted by Crippen LogP contribution is -2.11. The Kier molecular flexibility index (Phi) is 4.83. The monoisotopic (exact) mass is 358 g/mol. The molecule has 4 rings (SSSR count). The van der Waals surface area contributed by atoms with Crippen LogP contribution in [0.2, 0.25) is 0 Å². The number of primary amides is 1. The normalized spacial score (nSPS) is 13.0. The summed E-state index contributed by atoms with van der Waals surface area (Å²) in [5.74, 6) is 0.300. The summed E-state index contributed by atoms with van der Waals surface area (Å²) in [6.45, 7) is 0.603. The first-order valence-corrected chi connectivity index (χ1v) is 9.27. The molecule has 1 aliphatic carbocycles. The topological polar surface area (TPSA) is 80.9 Å². The molecule has 0 spiro atoms. The van der Waals surface area contributed by atoms with Gasteiger partial charge in [-0.1, -0.05) is 24.3 Å². The predicted octanol–water partition coefficient (Wildman–Crippen LogP) is 3.73. The molecule has 0 bridgehead atoms. The van der Waals surface area contributed by atoms with E-state index in [4.69, 9.17) is 5.73 Å². The number of carbonyl (C=O) groups excluding carboxylic acids is 1. The number of carbonyl (C=O) groups is 1. The molecule has 0 aliphatic heterocycles. The lowest BCUT2D eigenvalue weighted by molar-refractivity contribution is 0.100. The van der Waals surface area contributed by atoms with Crippen LogP contribution in [0.4, 0.5) is 5.82 Å². The molecule has 2 aromatic carbocycles. The lowest BCUT2D eigenvalue weighted by atomic mass is 9.90. The Hall–Kier alpha value is -3.21. The maximum Gasteiger partial charge on any atom is 0.248 e. The number of nitrogens with zero attached hydrogens (tertiary/aromatic N) is 2. The van der Waals surface area contributed by atoms with Gasteiger partial charge in [0.25, 0.3) is 0 Å². The molecular weight excluding hydrogens is 336 g/mol. The molecule has 0 atom stereocenters. The number of aryl methyl sites for hydroxylation is 2. The molecule has 0 unspecified atom stereocenters. The molecule has 1 heterocycles. The van der Waals surface area contributed by atoms with Gasteiger partial charge in [0.1, 0.15) is 5.82 Å². The number of hydrogen-bond acceptors (Lipinski definition) is 4. The van der Waals surface area contributed by atoms with Crippen molar-refractivity contribution in [1.82, 2.24) is 10.2 Å². The van der Waals surface area contributed by atoms with Gasteiger partial charge in [-0.3, -0.25) is 4.79 Å². The van der Waals surface area contributed by atoms with E-state index in [-0.39, 0.29) is 0 Å². The highest BCUT2D eigenvalue weighted by Gasteiger charge is 2.11. The van der Waals surface area contributed by atoms with Crippen LogP contribution in [0.25, 0.3) is 11.3 Å². The summed E-state index contributed by atoms with van der Waals surface area (Å²) in [5, 5.41) is 11.9. The van der Waals surface area contributed by atoms with Gasteiger partial charge in [0.15, 0.2) is 0 Å². The Labute approximate surface area is 158 Å². The molecule has 5 heteroatoms. The van der Waals surface area contributed by atoms with E-state index < -0.39 is 5.91 Å². The van der Waals surface area contributed by atoms with Crippen molar-refractivity contribution in [3.05, 3.63) is 76.9 Å². The molecule has 3 aromatic rings. The number of hydrogen-bond donors (Lipinski definition) is 2. The average molecular weight is 358 g/mol.